The molecule has 2 aromatic rings. The molecule has 1 aromatic carbocycles. The number of hydrogen-bond acceptors (Lipinski definition) is 8. The number of carbonyl (C=O) groups excluding carboxylic acids is 2. The van der Waals surface area contributed by atoms with E-state index in [9.17, 15) is 14.4 Å². The van der Waals surface area contributed by atoms with Gasteiger partial charge in [-0.2, -0.15) is 0 Å². The highest BCUT2D eigenvalue weighted by Gasteiger charge is 2.30. The van der Waals surface area contributed by atoms with Crippen molar-refractivity contribution in [2.75, 3.05) is 11.9 Å². The maximum Gasteiger partial charge on any atom is 0.341 e. The van der Waals surface area contributed by atoms with Crippen LogP contribution in [0.4, 0.5) is 10.8 Å². The smallest absolute Gasteiger partial charge is 0.341 e. The lowest BCUT2D eigenvalue weighted by Crippen LogP contribution is -2.19. The summed E-state index contributed by atoms with van der Waals surface area (Å²) in [6.07, 6.45) is 5.17. The molecule has 0 bridgehead atoms. The number of amidine groups is 1. The summed E-state index contributed by atoms with van der Waals surface area (Å²) < 4.78 is 5.15. The van der Waals surface area contributed by atoms with Crippen molar-refractivity contribution in [3.05, 3.63) is 39.7 Å². The lowest BCUT2D eigenvalue weighted by molar-refractivity contribution is -0.139. The van der Waals surface area contributed by atoms with Crippen LogP contribution >= 0.6 is 23.1 Å². The van der Waals surface area contributed by atoms with Crippen LogP contribution in [-0.2, 0) is 14.4 Å². The van der Waals surface area contributed by atoms with Crippen molar-refractivity contribution < 1.29 is 24.2 Å². The first kappa shape index (κ1) is 21.1. The molecular formula is C20H18N4O5S2. The number of thiazole rings is 1. The van der Waals surface area contributed by atoms with Crippen molar-refractivity contribution in [1.82, 2.24) is 10.3 Å². The summed E-state index contributed by atoms with van der Waals surface area (Å²) in [7, 11) is 0. The van der Waals surface area contributed by atoms with Gasteiger partial charge in [-0.15, -0.1) is 0 Å². The molecule has 160 valence electrons. The molecule has 3 N–H and O–H groups in total. The molecule has 11 heteroatoms. The largest absolute Gasteiger partial charge is 0.482 e. The third-order valence-electron chi connectivity index (χ3n) is 4.38. The number of carboxylic acid groups (broad SMARTS) is 1. The number of anilines is 1. The van der Waals surface area contributed by atoms with E-state index in [0.29, 0.717) is 26.6 Å². The van der Waals surface area contributed by atoms with Gasteiger partial charge in [-0.25, -0.2) is 14.8 Å². The van der Waals surface area contributed by atoms with Gasteiger partial charge in [-0.3, -0.25) is 9.59 Å². The Morgan fingerprint density at radius 3 is 2.94 bits per heavy atom. The van der Waals surface area contributed by atoms with E-state index in [4.69, 9.17) is 9.84 Å². The molecule has 4 rings (SSSR count). The van der Waals surface area contributed by atoms with E-state index in [-0.39, 0.29) is 17.7 Å². The third kappa shape index (κ3) is 5.50. The topological polar surface area (TPSA) is 130 Å². The normalized spacial score (nSPS) is 18.3. The molecule has 2 heterocycles. The number of carboxylic acids is 1. The number of ether oxygens (including phenoxy) is 1. The average molecular weight is 459 g/mol. The molecule has 2 amide bonds. The maximum absolute atomic E-state index is 12.3. The fraction of sp³-hybridized carbons (Fsp3) is 0.250. The summed E-state index contributed by atoms with van der Waals surface area (Å²) >= 11 is 2.51. The van der Waals surface area contributed by atoms with Crippen LogP contribution in [0, 0.1) is 12.8 Å². The summed E-state index contributed by atoms with van der Waals surface area (Å²) in [5, 5.41) is 15.2. The highest BCUT2D eigenvalue weighted by Crippen LogP contribution is 2.33. The second-order valence-corrected chi connectivity index (χ2v) is 9.04. The molecule has 2 aliphatic rings. The number of aliphatic imine (C=N–C) groups is 1. The monoisotopic (exact) mass is 458 g/mol. The second kappa shape index (κ2) is 8.90. The Labute approximate surface area is 185 Å². The van der Waals surface area contributed by atoms with Crippen molar-refractivity contribution in [1.29, 1.82) is 0 Å². The quantitative estimate of drug-likeness (QED) is 0.543. The molecule has 1 aliphatic carbocycles. The minimum atomic E-state index is -1.05. The minimum Gasteiger partial charge on any atom is -0.482 e. The Kier molecular flexibility index (Phi) is 6.05. The van der Waals surface area contributed by atoms with Gasteiger partial charge in [-0.1, -0.05) is 11.3 Å². The molecule has 0 unspecified atom stereocenters. The Hall–Kier alpha value is -3.18. The van der Waals surface area contributed by atoms with Gasteiger partial charge in [0.1, 0.15) is 5.75 Å². The third-order valence-corrected chi connectivity index (χ3v) is 6.15. The van der Waals surface area contributed by atoms with Crippen LogP contribution in [0.2, 0.25) is 0 Å². The van der Waals surface area contributed by atoms with Gasteiger partial charge in [0.2, 0.25) is 5.91 Å². The molecule has 1 aliphatic heterocycles. The van der Waals surface area contributed by atoms with E-state index < -0.39 is 12.6 Å². The van der Waals surface area contributed by atoms with Crippen molar-refractivity contribution >= 4 is 62.9 Å². The number of aromatic nitrogens is 1. The highest BCUT2D eigenvalue weighted by molar-refractivity contribution is 8.18. The van der Waals surface area contributed by atoms with E-state index in [1.165, 1.54) is 23.1 Å². The summed E-state index contributed by atoms with van der Waals surface area (Å²) in [6, 6.07) is 5.02. The molecule has 1 aromatic heterocycles. The summed E-state index contributed by atoms with van der Waals surface area (Å²) in [5.41, 5.74) is 1.41. The molecule has 0 radical (unpaired) electrons. The number of carbonyl (C=O) groups is 3. The lowest BCUT2D eigenvalue weighted by atomic mass is 10.2. The number of aryl methyl sites for hydroxylation is 1. The first-order valence-electron chi connectivity index (χ1n) is 9.39. The van der Waals surface area contributed by atoms with Crippen LogP contribution in [-0.4, -0.2) is 39.6 Å². The van der Waals surface area contributed by atoms with E-state index in [1.54, 1.807) is 30.5 Å². The zero-order valence-corrected chi connectivity index (χ0v) is 18.0. The number of benzene rings is 1. The number of thioether (sulfide) groups is 1. The van der Waals surface area contributed by atoms with Crippen LogP contribution in [0.15, 0.2) is 34.3 Å². The number of nitrogens with zero attached hydrogens (tertiary/aromatic N) is 2. The van der Waals surface area contributed by atoms with Gasteiger partial charge >= 0.3 is 5.97 Å². The number of hydrogen-bond donors (Lipinski definition) is 3. The Morgan fingerprint density at radius 1 is 1.42 bits per heavy atom. The van der Waals surface area contributed by atoms with Gasteiger partial charge in [0, 0.05) is 12.1 Å². The zero-order chi connectivity index (χ0) is 22.0. The molecule has 0 spiro atoms. The van der Waals surface area contributed by atoms with E-state index in [1.807, 2.05) is 6.92 Å². The van der Waals surface area contributed by atoms with Gasteiger partial charge < -0.3 is 20.5 Å². The Balaban J connectivity index is 1.43. The number of nitrogens with one attached hydrogen (secondary N) is 2. The van der Waals surface area contributed by atoms with E-state index >= 15 is 0 Å². The van der Waals surface area contributed by atoms with Crippen molar-refractivity contribution in [2.24, 2.45) is 10.9 Å². The SMILES string of the molecule is Cc1cc(OCC(=O)O)ccc1N=C1NC(=O)C(=Cc2cnc(NC(=O)C3CC3)s2)S1. The van der Waals surface area contributed by atoms with Gasteiger partial charge in [0.25, 0.3) is 5.91 Å². The highest BCUT2D eigenvalue weighted by atomic mass is 32.2. The maximum atomic E-state index is 12.3. The number of aliphatic carboxylic acids is 1. The second-order valence-electron chi connectivity index (χ2n) is 6.94. The fourth-order valence-corrected chi connectivity index (χ4v) is 4.33. The van der Waals surface area contributed by atoms with Crippen LogP contribution < -0.4 is 15.4 Å². The molecule has 2 fully saturated rings. The molecule has 9 nitrogen and oxygen atoms in total. The van der Waals surface area contributed by atoms with Crippen molar-refractivity contribution in [3.8, 4) is 5.75 Å². The van der Waals surface area contributed by atoms with Crippen molar-refractivity contribution in [3.63, 3.8) is 0 Å². The van der Waals surface area contributed by atoms with Crippen LogP contribution in [0.1, 0.15) is 23.3 Å². The first-order valence-corrected chi connectivity index (χ1v) is 11.0. The van der Waals surface area contributed by atoms with Gasteiger partial charge in [0.05, 0.1) is 15.5 Å². The zero-order valence-electron chi connectivity index (χ0n) is 16.4. The number of rotatable bonds is 7. The Morgan fingerprint density at radius 2 is 2.23 bits per heavy atom. The minimum absolute atomic E-state index is 0.00861. The average Bonchev–Trinajstić information content (AvgIpc) is 3.40. The number of amides is 2. The summed E-state index contributed by atoms with van der Waals surface area (Å²) in [5.74, 6) is -0.792. The summed E-state index contributed by atoms with van der Waals surface area (Å²) in [4.78, 5) is 44.6. The molecule has 31 heavy (non-hydrogen) atoms. The predicted molar refractivity (Wildman–Crippen MR) is 119 cm³/mol. The standard InChI is InChI=1S/C20H18N4O5S2/c1-10-6-12(29-9-16(25)26)4-5-14(10)22-20-24-18(28)15(31-20)7-13-8-21-19(30-13)23-17(27)11-2-3-11/h4-8,11H,2-3,9H2,1H3,(H,25,26)(H,21,23,27)(H,22,24,28). The molecular weight excluding hydrogens is 440 g/mol. The van der Waals surface area contributed by atoms with E-state index in [0.717, 1.165) is 23.3 Å². The van der Waals surface area contributed by atoms with Crippen LogP contribution in [0.3, 0.4) is 0 Å². The molecule has 0 atom stereocenters. The fourth-order valence-electron chi connectivity index (χ4n) is 2.67. The van der Waals surface area contributed by atoms with Crippen molar-refractivity contribution in [2.45, 2.75) is 19.8 Å². The first-order chi connectivity index (χ1) is 14.9. The lowest BCUT2D eigenvalue weighted by Gasteiger charge is -2.06. The predicted octanol–water partition coefficient (Wildman–Crippen LogP) is 3.16. The Bertz CT molecular complexity index is 1120. The molecule has 1 saturated heterocycles. The van der Waals surface area contributed by atoms with Crippen LogP contribution in [0.5, 0.6) is 5.75 Å². The van der Waals surface area contributed by atoms with Gasteiger partial charge in [0.15, 0.2) is 16.9 Å². The van der Waals surface area contributed by atoms with Gasteiger partial charge in [-0.05, 0) is 61.4 Å². The van der Waals surface area contributed by atoms with E-state index in [2.05, 4.69) is 20.6 Å². The summed E-state index contributed by atoms with van der Waals surface area (Å²) in [6.45, 7) is 1.40. The molecule has 1 saturated carbocycles. The van der Waals surface area contributed by atoms with Crippen LogP contribution in [0.25, 0.3) is 6.08 Å².